The molecule has 7 nitrogen and oxygen atoms in total. The van der Waals surface area contributed by atoms with E-state index in [0.29, 0.717) is 13.2 Å². The average molecular weight is 530 g/mol. The molecule has 0 amide bonds. The van der Waals surface area contributed by atoms with Gasteiger partial charge in [0.25, 0.3) is 0 Å². The van der Waals surface area contributed by atoms with E-state index in [1.165, 1.54) is 0 Å². The van der Waals surface area contributed by atoms with E-state index in [4.69, 9.17) is 19.2 Å². The molecule has 6 atom stereocenters. The molecular formula is C27H35N3O4S2. The van der Waals surface area contributed by atoms with Crippen LogP contribution in [0.3, 0.4) is 0 Å². The molecule has 0 unspecified atom stereocenters. The highest BCUT2D eigenvalue weighted by Crippen LogP contribution is 2.39. The van der Waals surface area contributed by atoms with Crippen molar-refractivity contribution in [1.82, 2.24) is 4.90 Å². The van der Waals surface area contributed by atoms with Crippen molar-refractivity contribution in [1.29, 1.82) is 0 Å². The van der Waals surface area contributed by atoms with Gasteiger partial charge in [0.2, 0.25) is 0 Å². The van der Waals surface area contributed by atoms with Crippen molar-refractivity contribution in [3.8, 4) is 0 Å². The number of hydrogen-bond donors (Lipinski definition) is 0. The second-order valence-corrected chi connectivity index (χ2v) is 13.0. The van der Waals surface area contributed by atoms with Gasteiger partial charge in [-0.25, -0.2) is 0 Å². The normalized spacial score (nSPS) is 27.1. The Kier molecular flexibility index (Phi) is 9.14. The van der Waals surface area contributed by atoms with Crippen molar-refractivity contribution in [2.75, 3.05) is 14.1 Å². The van der Waals surface area contributed by atoms with Gasteiger partial charge in [-0.15, -0.1) is 0 Å². The molecule has 0 saturated carbocycles. The molecule has 36 heavy (non-hydrogen) atoms. The molecule has 0 N–H and O–H groups in total. The molecule has 2 aromatic carbocycles. The third-order valence-electron chi connectivity index (χ3n) is 5.82. The minimum absolute atomic E-state index is 0.241. The Hall–Kier alpha value is -1.88. The first-order chi connectivity index (χ1) is 17.2. The summed E-state index contributed by atoms with van der Waals surface area (Å²) < 4.78 is 36.1. The van der Waals surface area contributed by atoms with Crippen molar-refractivity contribution in [3.63, 3.8) is 0 Å². The van der Waals surface area contributed by atoms with Gasteiger partial charge in [-0.3, -0.25) is 4.99 Å². The molecule has 0 aromatic heterocycles. The van der Waals surface area contributed by atoms with E-state index in [0.717, 1.165) is 16.3 Å². The van der Waals surface area contributed by atoms with Crippen molar-refractivity contribution < 1.29 is 18.8 Å². The molecule has 1 saturated heterocycles. The van der Waals surface area contributed by atoms with Gasteiger partial charge >= 0.3 is 0 Å². The van der Waals surface area contributed by atoms with Gasteiger partial charge in [0.15, 0.2) is 5.17 Å². The summed E-state index contributed by atoms with van der Waals surface area (Å²) >= 11 is 0.159. The fraction of sp³-hybridized carbons (Fsp3) is 0.481. The summed E-state index contributed by atoms with van der Waals surface area (Å²) in [6, 6.07) is 19.8. The van der Waals surface area contributed by atoms with Crippen LogP contribution in [-0.4, -0.2) is 69.5 Å². The highest BCUT2D eigenvalue weighted by molar-refractivity contribution is 8.14. The van der Waals surface area contributed by atoms with E-state index in [-0.39, 0.29) is 17.6 Å². The van der Waals surface area contributed by atoms with Gasteiger partial charge < -0.3 is 23.7 Å². The van der Waals surface area contributed by atoms with E-state index in [2.05, 4.69) is 4.40 Å². The third kappa shape index (κ3) is 6.90. The van der Waals surface area contributed by atoms with E-state index < -0.39 is 28.3 Å². The van der Waals surface area contributed by atoms with Gasteiger partial charge in [0.05, 0.1) is 19.4 Å². The second kappa shape index (κ2) is 12.1. The molecule has 9 heteroatoms. The maximum atomic E-state index is 12.7. The van der Waals surface area contributed by atoms with Crippen molar-refractivity contribution in [3.05, 3.63) is 71.8 Å². The van der Waals surface area contributed by atoms with E-state index in [9.17, 15) is 4.55 Å². The van der Waals surface area contributed by atoms with Crippen molar-refractivity contribution in [2.45, 2.75) is 68.5 Å². The molecule has 0 spiro atoms. The molecule has 2 heterocycles. The Morgan fingerprint density at radius 1 is 1.00 bits per heavy atom. The van der Waals surface area contributed by atoms with Gasteiger partial charge in [0.1, 0.15) is 45.9 Å². The first-order valence-corrected chi connectivity index (χ1v) is 14.1. The monoisotopic (exact) mass is 529 g/mol. The zero-order valence-electron chi connectivity index (χ0n) is 21.4. The number of ether oxygens (including phenoxy) is 3. The molecule has 2 aliphatic rings. The van der Waals surface area contributed by atoms with Crippen LogP contribution in [0.4, 0.5) is 0 Å². The standard InChI is InChI=1S/C27H35N3O4S2/c1-27(2,3)36(31)28-16-21-23(32-17-19-12-8-6-9-13-19)24(33-18-20-14-10-7-11-15-20)22-25(34-21)35-26(29-22)30(4)5/h6-16,21-25H,17-18H2,1-5H3/b28-16-/t21-,22-,23-,24-,25-,36+/m1/s1. The topological polar surface area (TPSA) is 78.7 Å². The third-order valence-corrected chi connectivity index (χ3v) is 8.48. The quantitative estimate of drug-likeness (QED) is 0.371. The number of benzene rings is 2. The largest absolute Gasteiger partial charge is 0.591 e. The number of rotatable bonds is 8. The Labute approximate surface area is 221 Å². The molecule has 4 rings (SSSR count). The first-order valence-electron chi connectivity index (χ1n) is 12.1. The number of fused-ring (bicyclic) bond motifs is 1. The van der Waals surface area contributed by atoms with Crippen LogP contribution >= 0.6 is 11.8 Å². The lowest BCUT2D eigenvalue weighted by Gasteiger charge is -2.41. The molecule has 194 valence electrons. The molecule has 1 fully saturated rings. The molecule has 0 radical (unpaired) electrons. The Morgan fingerprint density at radius 2 is 1.56 bits per heavy atom. The SMILES string of the molecule is CN(C)C1=N[C@@H]2[C@@H](OCc3ccccc3)[C@H](OCc3ccccc3)[C@@H](/C=N\[S@@+]([O-])C(C)(C)C)O[C@@H]2S1. The Bertz CT molecular complexity index is 1030. The van der Waals surface area contributed by atoms with Crippen LogP contribution in [0.1, 0.15) is 31.9 Å². The van der Waals surface area contributed by atoms with E-state index >= 15 is 0 Å². The zero-order valence-corrected chi connectivity index (χ0v) is 23.1. The number of amidine groups is 1. The van der Waals surface area contributed by atoms with Crippen LogP contribution in [0.5, 0.6) is 0 Å². The number of nitrogens with zero attached hydrogens (tertiary/aromatic N) is 3. The lowest BCUT2D eigenvalue weighted by Crippen LogP contribution is -2.57. The highest BCUT2D eigenvalue weighted by Gasteiger charge is 2.51. The summed E-state index contributed by atoms with van der Waals surface area (Å²) in [4.78, 5) is 6.93. The number of aliphatic imine (C=N–C) groups is 1. The van der Waals surface area contributed by atoms with Crippen LogP contribution in [0, 0.1) is 0 Å². The maximum Gasteiger partial charge on any atom is 0.161 e. The van der Waals surface area contributed by atoms with Crippen molar-refractivity contribution >= 4 is 34.5 Å². The van der Waals surface area contributed by atoms with E-state index in [1.54, 1.807) is 18.0 Å². The Morgan fingerprint density at radius 3 is 2.08 bits per heavy atom. The zero-order chi connectivity index (χ0) is 25.7. The predicted molar refractivity (Wildman–Crippen MR) is 148 cm³/mol. The predicted octanol–water partition coefficient (Wildman–Crippen LogP) is 4.45. The Balaban J connectivity index is 1.63. The molecular weight excluding hydrogens is 494 g/mol. The summed E-state index contributed by atoms with van der Waals surface area (Å²) in [5, 5.41) is 0.885. The number of thioether (sulfide) groups is 1. The summed E-state index contributed by atoms with van der Waals surface area (Å²) in [5.41, 5.74) is 1.87. The van der Waals surface area contributed by atoms with Crippen LogP contribution in [-0.2, 0) is 38.8 Å². The smallest absolute Gasteiger partial charge is 0.161 e. The summed E-state index contributed by atoms with van der Waals surface area (Å²) in [5.74, 6) is 0. The van der Waals surface area contributed by atoms with Gasteiger partial charge in [-0.05, 0) is 31.9 Å². The van der Waals surface area contributed by atoms with E-state index in [1.807, 2.05) is 100 Å². The molecule has 0 aliphatic carbocycles. The maximum absolute atomic E-state index is 12.7. The first kappa shape index (κ1) is 27.2. The second-order valence-electron chi connectivity index (χ2n) is 10.0. The van der Waals surface area contributed by atoms with Gasteiger partial charge in [0, 0.05) is 14.1 Å². The summed E-state index contributed by atoms with van der Waals surface area (Å²) in [7, 11) is 3.94. The minimum atomic E-state index is -1.41. The van der Waals surface area contributed by atoms with Crippen LogP contribution in [0.15, 0.2) is 70.1 Å². The summed E-state index contributed by atoms with van der Waals surface area (Å²) in [6.07, 6.45) is 0.241. The average Bonchev–Trinajstić information content (AvgIpc) is 3.29. The molecule has 0 bridgehead atoms. The van der Waals surface area contributed by atoms with Gasteiger partial charge in [-0.1, -0.05) is 76.8 Å². The van der Waals surface area contributed by atoms with Crippen molar-refractivity contribution in [2.24, 2.45) is 9.39 Å². The minimum Gasteiger partial charge on any atom is -0.591 e. The van der Waals surface area contributed by atoms with Crippen LogP contribution < -0.4 is 0 Å². The summed E-state index contributed by atoms with van der Waals surface area (Å²) in [6.45, 7) is 6.52. The number of hydrogen-bond acceptors (Lipinski definition) is 8. The fourth-order valence-corrected chi connectivity index (χ4v) is 5.56. The van der Waals surface area contributed by atoms with Gasteiger partial charge in [-0.2, -0.15) is 0 Å². The molecule has 2 aliphatic heterocycles. The molecule has 2 aromatic rings. The fourth-order valence-electron chi connectivity index (χ4n) is 3.87. The van der Waals surface area contributed by atoms with Crippen LogP contribution in [0.2, 0.25) is 0 Å². The lowest BCUT2D eigenvalue weighted by atomic mass is 9.98. The lowest BCUT2D eigenvalue weighted by molar-refractivity contribution is -0.178. The van der Waals surface area contributed by atoms with Crippen LogP contribution in [0.25, 0.3) is 0 Å². The highest BCUT2D eigenvalue weighted by atomic mass is 32.2.